The summed E-state index contributed by atoms with van der Waals surface area (Å²) in [5, 5.41) is 15.1. The van der Waals surface area contributed by atoms with Gasteiger partial charge in [-0.05, 0) is 24.8 Å². The highest BCUT2D eigenvalue weighted by atomic mass is 32.1. The van der Waals surface area contributed by atoms with Crippen molar-refractivity contribution < 1.29 is 9.84 Å². The molecule has 0 bridgehead atoms. The molecule has 3 unspecified atom stereocenters. The molecule has 3 atom stereocenters. The average Bonchev–Trinajstić information content (AvgIpc) is 2.79. The normalized spacial score (nSPS) is 28.1. The van der Waals surface area contributed by atoms with Gasteiger partial charge in [0, 0.05) is 10.9 Å². The average molecular weight is 227 g/mol. The monoisotopic (exact) mass is 227 g/mol. The molecule has 4 heteroatoms. The first-order valence-corrected chi connectivity index (χ1v) is 6.18. The van der Waals surface area contributed by atoms with E-state index in [1.54, 1.807) is 11.3 Å². The quantitative estimate of drug-likeness (QED) is 0.807. The third-order valence-corrected chi connectivity index (χ3v) is 3.54. The zero-order valence-corrected chi connectivity index (χ0v) is 9.67. The third kappa shape index (κ3) is 3.01. The van der Waals surface area contributed by atoms with Crippen molar-refractivity contribution in [3.8, 4) is 0 Å². The Morgan fingerprint density at radius 2 is 2.53 bits per heavy atom. The fraction of sp³-hybridized carbons (Fsp3) is 0.636. The van der Waals surface area contributed by atoms with Crippen LogP contribution in [0.25, 0.3) is 0 Å². The number of hydrogen-bond donors (Lipinski definition) is 2. The van der Waals surface area contributed by atoms with E-state index in [0.29, 0.717) is 19.3 Å². The second-order valence-electron chi connectivity index (χ2n) is 4.06. The molecular weight excluding hydrogens is 210 g/mol. The van der Waals surface area contributed by atoms with Crippen LogP contribution in [0.4, 0.5) is 0 Å². The Morgan fingerprint density at radius 1 is 1.67 bits per heavy atom. The van der Waals surface area contributed by atoms with Crippen molar-refractivity contribution >= 4 is 11.3 Å². The molecule has 0 amide bonds. The van der Waals surface area contributed by atoms with Crippen LogP contribution >= 0.6 is 11.3 Å². The molecule has 1 saturated heterocycles. The van der Waals surface area contributed by atoms with Gasteiger partial charge in [0.05, 0.1) is 25.4 Å². The van der Waals surface area contributed by atoms with Gasteiger partial charge < -0.3 is 15.2 Å². The summed E-state index contributed by atoms with van der Waals surface area (Å²) in [6.07, 6.45) is 0.664. The molecule has 1 aromatic rings. The number of ether oxygens (including phenoxy) is 1. The molecule has 2 heterocycles. The molecule has 1 aliphatic heterocycles. The lowest BCUT2D eigenvalue weighted by molar-refractivity contribution is 0.121. The summed E-state index contributed by atoms with van der Waals surface area (Å²) in [4.78, 5) is 1.38. The molecule has 0 spiro atoms. The van der Waals surface area contributed by atoms with Crippen LogP contribution in [0.2, 0.25) is 0 Å². The topological polar surface area (TPSA) is 41.5 Å². The summed E-state index contributed by atoms with van der Waals surface area (Å²) in [5.41, 5.74) is 0. The Morgan fingerprint density at radius 3 is 3.13 bits per heavy atom. The minimum absolute atomic E-state index is 0.0972. The lowest BCUT2D eigenvalue weighted by Gasteiger charge is -2.20. The van der Waals surface area contributed by atoms with E-state index in [1.807, 2.05) is 0 Å². The standard InChI is InChI=1S/C11H17NO2S/c1-8(5-9-3-2-4-15-9)12-10-6-14-7-11(10)13/h2-4,8,10-13H,5-7H2,1H3. The van der Waals surface area contributed by atoms with Crippen LogP contribution in [-0.4, -0.2) is 36.5 Å². The molecule has 1 fully saturated rings. The minimum atomic E-state index is -0.351. The fourth-order valence-electron chi connectivity index (χ4n) is 1.86. The van der Waals surface area contributed by atoms with Crippen molar-refractivity contribution in [3.05, 3.63) is 22.4 Å². The predicted octanol–water partition coefficient (Wildman–Crippen LogP) is 1.03. The summed E-state index contributed by atoms with van der Waals surface area (Å²) >= 11 is 1.78. The highest BCUT2D eigenvalue weighted by molar-refractivity contribution is 7.09. The third-order valence-electron chi connectivity index (χ3n) is 2.64. The van der Waals surface area contributed by atoms with Gasteiger partial charge in [-0.25, -0.2) is 0 Å². The van der Waals surface area contributed by atoms with Crippen LogP contribution in [0.15, 0.2) is 17.5 Å². The molecular formula is C11H17NO2S. The molecule has 3 nitrogen and oxygen atoms in total. The Balaban J connectivity index is 1.79. The van der Waals surface area contributed by atoms with Crippen LogP contribution in [0.1, 0.15) is 11.8 Å². The number of nitrogens with one attached hydrogen (secondary N) is 1. The number of aliphatic hydroxyl groups is 1. The van der Waals surface area contributed by atoms with Gasteiger partial charge in [0.15, 0.2) is 0 Å². The zero-order valence-electron chi connectivity index (χ0n) is 8.85. The first kappa shape index (κ1) is 11.1. The van der Waals surface area contributed by atoms with Gasteiger partial charge in [-0.3, -0.25) is 0 Å². The number of hydrogen-bond acceptors (Lipinski definition) is 4. The van der Waals surface area contributed by atoms with E-state index in [9.17, 15) is 5.11 Å². The van der Waals surface area contributed by atoms with E-state index in [2.05, 4.69) is 29.8 Å². The van der Waals surface area contributed by atoms with Gasteiger partial charge >= 0.3 is 0 Å². The summed E-state index contributed by atoms with van der Waals surface area (Å²) in [6, 6.07) is 4.69. The van der Waals surface area contributed by atoms with Crippen LogP contribution in [0.5, 0.6) is 0 Å². The van der Waals surface area contributed by atoms with Gasteiger partial charge in [-0.2, -0.15) is 0 Å². The van der Waals surface area contributed by atoms with Crippen molar-refractivity contribution in [1.82, 2.24) is 5.32 Å². The first-order chi connectivity index (χ1) is 7.25. The minimum Gasteiger partial charge on any atom is -0.389 e. The Hall–Kier alpha value is -0.420. The van der Waals surface area contributed by atoms with Crippen LogP contribution in [0, 0.1) is 0 Å². The number of thiophene rings is 1. The number of rotatable bonds is 4. The molecule has 0 aromatic carbocycles. The van der Waals surface area contributed by atoms with E-state index in [1.165, 1.54) is 4.88 Å². The molecule has 0 aliphatic carbocycles. The summed E-state index contributed by atoms with van der Waals surface area (Å²) in [7, 11) is 0. The van der Waals surface area contributed by atoms with Gasteiger partial charge in [0.25, 0.3) is 0 Å². The van der Waals surface area contributed by atoms with Crippen LogP contribution in [0.3, 0.4) is 0 Å². The van der Waals surface area contributed by atoms with E-state index in [0.717, 1.165) is 6.42 Å². The molecule has 1 aromatic heterocycles. The van der Waals surface area contributed by atoms with Gasteiger partial charge in [-0.1, -0.05) is 6.07 Å². The maximum atomic E-state index is 9.58. The van der Waals surface area contributed by atoms with Crippen molar-refractivity contribution in [2.45, 2.75) is 31.5 Å². The van der Waals surface area contributed by atoms with Crippen molar-refractivity contribution in [1.29, 1.82) is 0 Å². The lowest BCUT2D eigenvalue weighted by atomic mass is 10.1. The molecule has 2 N–H and O–H groups in total. The predicted molar refractivity (Wildman–Crippen MR) is 61.2 cm³/mol. The Kier molecular flexibility index (Phi) is 3.75. The second kappa shape index (κ2) is 5.07. The van der Waals surface area contributed by atoms with Gasteiger partial charge in [0.1, 0.15) is 0 Å². The summed E-state index contributed by atoms with van der Waals surface area (Å²) < 4.78 is 5.20. The number of aliphatic hydroxyl groups excluding tert-OH is 1. The van der Waals surface area contributed by atoms with E-state index in [4.69, 9.17) is 4.74 Å². The molecule has 15 heavy (non-hydrogen) atoms. The first-order valence-electron chi connectivity index (χ1n) is 5.30. The van der Waals surface area contributed by atoms with E-state index < -0.39 is 0 Å². The van der Waals surface area contributed by atoms with Crippen molar-refractivity contribution in [2.24, 2.45) is 0 Å². The zero-order chi connectivity index (χ0) is 10.7. The molecule has 0 saturated carbocycles. The Labute approximate surface area is 94.1 Å². The molecule has 1 aliphatic rings. The fourth-order valence-corrected chi connectivity index (χ4v) is 2.69. The summed E-state index contributed by atoms with van der Waals surface area (Å²) in [6.45, 7) is 3.23. The van der Waals surface area contributed by atoms with Gasteiger partial charge in [-0.15, -0.1) is 11.3 Å². The molecule has 84 valence electrons. The molecule has 0 radical (unpaired) electrons. The SMILES string of the molecule is CC(Cc1cccs1)NC1COCC1O. The van der Waals surface area contributed by atoms with Crippen molar-refractivity contribution in [3.63, 3.8) is 0 Å². The van der Waals surface area contributed by atoms with Crippen LogP contribution < -0.4 is 5.32 Å². The van der Waals surface area contributed by atoms with E-state index in [-0.39, 0.29) is 12.1 Å². The van der Waals surface area contributed by atoms with E-state index >= 15 is 0 Å². The second-order valence-corrected chi connectivity index (χ2v) is 5.09. The molecule has 2 rings (SSSR count). The summed E-state index contributed by atoms with van der Waals surface area (Å²) in [5.74, 6) is 0. The van der Waals surface area contributed by atoms with Gasteiger partial charge in [0.2, 0.25) is 0 Å². The lowest BCUT2D eigenvalue weighted by Crippen LogP contribution is -2.44. The largest absolute Gasteiger partial charge is 0.389 e. The Bertz CT molecular complexity index is 289. The maximum Gasteiger partial charge on any atom is 0.0948 e. The highest BCUT2D eigenvalue weighted by Gasteiger charge is 2.26. The van der Waals surface area contributed by atoms with Crippen LogP contribution in [-0.2, 0) is 11.2 Å². The van der Waals surface area contributed by atoms with Crippen molar-refractivity contribution in [2.75, 3.05) is 13.2 Å². The smallest absolute Gasteiger partial charge is 0.0948 e. The maximum absolute atomic E-state index is 9.58. The highest BCUT2D eigenvalue weighted by Crippen LogP contribution is 2.12.